The molecule has 0 saturated carbocycles. The molecular weight excluding hydrogens is 394 g/mol. The number of anilines is 1. The smallest absolute Gasteiger partial charge is 0.303 e. The van der Waals surface area contributed by atoms with Crippen LogP contribution in [0.1, 0.15) is 38.4 Å². The third-order valence-electron chi connectivity index (χ3n) is 5.93. The van der Waals surface area contributed by atoms with Crippen molar-refractivity contribution < 1.29 is 19.1 Å². The molecule has 2 aliphatic heterocycles. The van der Waals surface area contributed by atoms with E-state index in [1.165, 1.54) is 31.0 Å². The van der Waals surface area contributed by atoms with Crippen LogP contribution in [0.2, 0.25) is 0 Å². The van der Waals surface area contributed by atoms with E-state index in [0.717, 1.165) is 32.7 Å². The maximum atomic E-state index is 12.5. The van der Waals surface area contributed by atoms with Crippen molar-refractivity contribution in [2.75, 3.05) is 57.3 Å². The van der Waals surface area contributed by atoms with E-state index in [9.17, 15) is 9.59 Å². The summed E-state index contributed by atoms with van der Waals surface area (Å²) in [6, 6.07) is 8.67. The van der Waals surface area contributed by atoms with Crippen LogP contribution in [0, 0.1) is 0 Å². The number of benzene rings is 1. The minimum atomic E-state index is -0.735. The largest absolute Gasteiger partial charge is 0.453 e. The van der Waals surface area contributed by atoms with E-state index in [2.05, 4.69) is 40.6 Å². The second-order valence-corrected chi connectivity index (χ2v) is 8.28. The van der Waals surface area contributed by atoms with Crippen LogP contribution in [0.3, 0.4) is 0 Å². The first kappa shape index (κ1) is 23.3. The Morgan fingerprint density at radius 2 is 1.84 bits per heavy atom. The maximum absolute atomic E-state index is 12.5. The molecule has 7 heteroatoms. The molecule has 2 atom stereocenters. The molecule has 0 aliphatic carbocycles. The molecule has 0 bridgehead atoms. The van der Waals surface area contributed by atoms with Crippen LogP contribution < -0.4 is 4.90 Å². The zero-order valence-corrected chi connectivity index (χ0v) is 18.8. The molecule has 7 nitrogen and oxygen atoms in total. The highest BCUT2D eigenvalue weighted by Crippen LogP contribution is 2.27. The molecule has 0 aromatic heterocycles. The van der Waals surface area contributed by atoms with Crippen LogP contribution in [0.15, 0.2) is 36.9 Å². The number of hydrogen-bond acceptors (Lipinski definition) is 6. The van der Waals surface area contributed by atoms with Crippen molar-refractivity contribution in [3.05, 3.63) is 42.5 Å². The van der Waals surface area contributed by atoms with Gasteiger partial charge in [0.1, 0.15) is 0 Å². The summed E-state index contributed by atoms with van der Waals surface area (Å²) in [6.07, 6.45) is 3.49. The number of amides is 1. The molecule has 1 amide bonds. The summed E-state index contributed by atoms with van der Waals surface area (Å²) in [5, 5.41) is 0. The number of carbonyl (C=O) groups excluding carboxylic acids is 2. The third-order valence-corrected chi connectivity index (χ3v) is 5.93. The van der Waals surface area contributed by atoms with Crippen LogP contribution in [0.25, 0.3) is 0 Å². The second-order valence-electron chi connectivity index (χ2n) is 8.28. The Bertz CT molecular complexity index is 755. The number of hydrogen-bond donors (Lipinski definition) is 0. The lowest BCUT2D eigenvalue weighted by Gasteiger charge is -2.37. The zero-order valence-electron chi connectivity index (χ0n) is 18.8. The van der Waals surface area contributed by atoms with Crippen molar-refractivity contribution >= 4 is 17.6 Å². The van der Waals surface area contributed by atoms with Gasteiger partial charge in [0.25, 0.3) is 5.91 Å². The quantitative estimate of drug-likeness (QED) is 0.444. The van der Waals surface area contributed by atoms with Gasteiger partial charge in [-0.15, -0.1) is 6.58 Å². The van der Waals surface area contributed by atoms with Gasteiger partial charge in [-0.05, 0) is 37.5 Å². The number of nitrogens with zero attached hydrogens (tertiary/aromatic N) is 3. The van der Waals surface area contributed by atoms with Crippen molar-refractivity contribution in [1.29, 1.82) is 0 Å². The minimum absolute atomic E-state index is 0.0530. The molecule has 1 aromatic carbocycles. The first-order valence-electron chi connectivity index (χ1n) is 11.2. The first-order valence-corrected chi connectivity index (χ1v) is 11.2. The first-order chi connectivity index (χ1) is 15.0. The summed E-state index contributed by atoms with van der Waals surface area (Å²) in [6.45, 7) is 13.0. The van der Waals surface area contributed by atoms with E-state index in [1.54, 1.807) is 17.9 Å². The van der Waals surface area contributed by atoms with Crippen LogP contribution in [-0.4, -0.2) is 80.2 Å². The van der Waals surface area contributed by atoms with Gasteiger partial charge in [-0.1, -0.05) is 18.2 Å². The fourth-order valence-electron chi connectivity index (χ4n) is 4.28. The Balaban J connectivity index is 1.59. The van der Waals surface area contributed by atoms with Crippen LogP contribution >= 0.6 is 0 Å². The molecule has 0 radical (unpaired) electrons. The molecule has 31 heavy (non-hydrogen) atoms. The van der Waals surface area contributed by atoms with Gasteiger partial charge < -0.3 is 19.3 Å². The number of rotatable bonds is 9. The fraction of sp³-hybridized carbons (Fsp3) is 0.583. The highest BCUT2D eigenvalue weighted by molar-refractivity contribution is 5.83. The van der Waals surface area contributed by atoms with Crippen LogP contribution in [-0.2, 0) is 19.1 Å². The van der Waals surface area contributed by atoms with Gasteiger partial charge in [0.2, 0.25) is 0 Å². The summed E-state index contributed by atoms with van der Waals surface area (Å²) in [7, 11) is 0. The van der Waals surface area contributed by atoms with Crippen molar-refractivity contribution in [1.82, 2.24) is 9.80 Å². The number of carbonyl (C=O) groups is 2. The molecule has 2 heterocycles. The average molecular weight is 430 g/mol. The minimum Gasteiger partial charge on any atom is -0.453 e. The van der Waals surface area contributed by atoms with E-state index in [0.29, 0.717) is 19.7 Å². The number of piperazine rings is 1. The highest BCUT2D eigenvalue weighted by atomic mass is 16.5. The molecule has 0 N–H and O–H groups in total. The van der Waals surface area contributed by atoms with Crippen molar-refractivity contribution in [2.45, 2.75) is 38.9 Å². The Labute approximate surface area is 185 Å². The molecule has 3 rings (SSSR count). The van der Waals surface area contributed by atoms with Crippen LogP contribution in [0.5, 0.6) is 0 Å². The molecule has 2 fully saturated rings. The molecule has 1 unspecified atom stereocenters. The van der Waals surface area contributed by atoms with E-state index in [4.69, 9.17) is 9.47 Å². The fourth-order valence-corrected chi connectivity index (χ4v) is 4.28. The van der Waals surface area contributed by atoms with Gasteiger partial charge in [-0.25, -0.2) is 0 Å². The van der Waals surface area contributed by atoms with Crippen molar-refractivity contribution in [2.24, 2.45) is 0 Å². The lowest BCUT2D eigenvalue weighted by Crippen LogP contribution is -2.52. The predicted octanol–water partition coefficient (Wildman–Crippen LogP) is 2.63. The predicted molar refractivity (Wildman–Crippen MR) is 121 cm³/mol. The third kappa shape index (κ3) is 6.55. The van der Waals surface area contributed by atoms with E-state index >= 15 is 0 Å². The highest BCUT2D eigenvalue weighted by Gasteiger charge is 2.28. The SMILES string of the molecule is C=CCOC(CN1CCN(C(=O)[C@H](C)OC(C)=O)CC1)c1cccc(N2CCCC2)c1. The van der Waals surface area contributed by atoms with E-state index in [-0.39, 0.29) is 12.0 Å². The molecular formula is C24H35N3O4. The monoisotopic (exact) mass is 429 g/mol. The lowest BCUT2D eigenvalue weighted by molar-refractivity contribution is -0.158. The number of ether oxygens (including phenoxy) is 2. The van der Waals surface area contributed by atoms with E-state index < -0.39 is 12.1 Å². The zero-order chi connectivity index (χ0) is 22.2. The maximum Gasteiger partial charge on any atom is 0.303 e. The Kier molecular flexibility index (Phi) is 8.49. The molecule has 2 aliphatic rings. The molecule has 170 valence electrons. The summed E-state index contributed by atoms with van der Waals surface area (Å²) in [4.78, 5) is 30.1. The van der Waals surface area contributed by atoms with Gasteiger partial charge in [0, 0.05) is 58.4 Å². The Morgan fingerprint density at radius 3 is 2.48 bits per heavy atom. The second kappa shape index (κ2) is 11.3. The van der Waals surface area contributed by atoms with Gasteiger partial charge in [-0.2, -0.15) is 0 Å². The lowest BCUT2D eigenvalue weighted by atomic mass is 10.1. The van der Waals surface area contributed by atoms with Crippen LogP contribution in [0.4, 0.5) is 5.69 Å². The summed E-state index contributed by atoms with van der Waals surface area (Å²) in [5.41, 5.74) is 2.44. The summed E-state index contributed by atoms with van der Waals surface area (Å²) < 4.78 is 11.2. The topological polar surface area (TPSA) is 62.3 Å². The molecule has 2 saturated heterocycles. The van der Waals surface area contributed by atoms with Gasteiger partial charge in [-0.3, -0.25) is 14.5 Å². The van der Waals surface area contributed by atoms with Crippen molar-refractivity contribution in [3.63, 3.8) is 0 Å². The van der Waals surface area contributed by atoms with E-state index in [1.807, 2.05) is 0 Å². The molecule has 1 aromatic rings. The number of esters is 1. The average Bonchev–Trinajstić information content (AvgIpc) is 3.31. The normalized spacial score (nSPS) is 19.2. The van der Waals surface area contributed by atoms with Gasteiger partial charge >= 0.3 is 5.97 Å². The summed E-state index contributed by atoms with van der Waals surface area (Å²) in [5.74, 6) is -0.564. The van der Waals surface area contributed by atoms with Crippen molar-refractivity contribution in [3.8, 4) is 0 Å². The van der Waals surface area contributed by atoms with Gasteiger partial charge in [0.15, 0.2) is 6.10 Å². The Hall–Kier alpha value is -2.38. The van der Waals surface area contributed by atoms with Gasteiger partial charge in [0.05, 0.1) is 12.7 Å². The Morgan fingerprint density at radius 1 is 1.13 bits per heavy atom. The summed E-state index contributed by atoms with van der Waals surface area (Å²) >= 11 is 0. The standard InChI is InChI=1S/C24H35N3O4/c1-4-16-30-23(21-8-7-9-22(17-21)26-10-5-6-11-26)18-25-12-14-27(15-13-25)24(29)19(2)31-20(3)28/h4,7-9,17,19,23H,1,5-6,10-16,18H2,2-3H3/t19-,23?/m0/s1. The molecule has 0 spiro atoms.